The van der Waals surface area contributed by atoms with E-state index in [0.717, 1.165) is 27.3 Å². The van der Waals surface area contributed by atoms with E-state index in [1.54, 1.807) is 47.3 Å². The molecule has 0 fully saturated rings. The Labute approximate surface area is 238 Å². The van der Waals surface area contributed by atoms with Gasteiger partial charge in [0, 0.05) is 41.2 Å². The van der Waals surface area contributed by atoms with E-state index >= 15 is 0 Å². The lowest BCUT2D eigenvalue weighted by Crippen LogP contribution is -2.33. The molecule has 0 unspecified atom stereocenters. The molecule has 2 N–H and O–H groups in total. The molecule has 0 radical (unpaired) electrons. The van der Waals surface area contributed by atoms with Gasteiger partial charge >= 0.3 is 6.09 Å². The predicted molar refractivity (Wildman–Crippen MR) is 149 cm³/mol. The number of fused-ring (bicyclic) bond motifs is 1. The van der Waals surface area contributed by atoms with Gasteiger partial charge in [-0.1, -0.05) is 11.6 Å². The lowest BCUT2D eigenvalue weighted by atomic mass is 10.0. The van der Waals surface area contributed by atoms with E-state index in [1.165, 1.54) is 18.1 Å². The summed E-state index contributed by atoms with van der Waals surface area (Å²) in [5, 5.41) is 21.4. The van der Waals surface area contributed by atoms with Gasteiger partial charge in [0.05, 0.1) is 36.8 Å². The Morgan fingerprint density at radius 1 is 1.17 bits per heavy atom. The maximum absolute atomic E-state index is 13.4. The molecule has 1 aromatic carbocycles. The van der Waals surface area contributed by atoms with Gasteiger partial charge in [0.2, 0.25) is 0 Å². The Balaban J connectivity index is 1.28. The number of aromatic amines is 1. The Bertz CT molecular complexity index is 1770. The van der Waals surface area contributed by atoms with Gasteiger partial charge in [-0.15, -0.1) is 5.10 Å². The van der Waals surface area contributed by atoms with Crippen molar-refractivity contribution in [1.82, 2.24) is 39.7 Å². The number of anilines is 1. The van der Waals surface area contributed by atoms with Crippen molar-refractivity contribution in [3.8, 4) is 28.1 Å². The Morgan fingerprint density at radius 3 is 2.78 bits per heavy atom. The first-order valence-corrected chi connectivity index (χ1v) is 13.1. The summed E-state index contributed by atoms with van der Waals surface area (Å²) in [6, 6.07) is 12.1. The minimum Gasteiger partial charge on any atom is -0.465 e. The minimum absolute atomic E-state index is 0.156. The average Bonchev–Trinajstić information content (AvgIpc) is 3.74. The van der Waals surface area contributed by atoms with Crippen molar-refractivity contribution in [3.63, 3.8) is 0 Å². The topological polar surface area (TPSA) is 157 Å². The van der Waals surface area contributed by atoms with Crippen molar-refractivity contribution in [2.45, 2.75) is 18.9 Å². The molecule has 0 saturated carbocycles. The maximum Gasteiger partial charge on any atom is 0.413 e. The van der Waals surface area contributed by atoms with Gasteiger partial charge in [-0.2, -0.15) is 4.68 Å². The second-order valence-electron chi connectivity index (χ2n) is 9.43. The third-order valence-corrected chi connectivity index (χ3v) is 7.23. The highest BCUT2D eigenvalue weighted by molar-refractivity contribution is 6.31. The molecule has 41 heavy (non-hydrogen) atoms. The standard InChI is InChI=1S/C27H24ClN9O4/c1-41-9-8-35(27(39)40)24-7-2-16(13-29-24)21-14-30-26(32-21)23-6-4-19-10-17(11-25(38)37(19)23)20-12-18(28)3-5-22(20)36-15-31-33-34-36/h2-3,5,7,10-15,23H,4,6,8-9H2,1H3,(H,30,32)(H,39,40)/t23-/m0/s1. The highest BCUT2D eigenvalue weighted by atomic mass is 35.5. The number of carbonyl (C=O) groups is 1. The van der Waals surface area contributed by atoms with Gasteiger partial charge < -0.3 is 19.4 Å². The van der Waals surface area contributed by atoms with Crippen LogP contribution in [-0.4, -0.2) is 71.2 Å². The third kappa shape index (κ3) is 5.08. The number of carboxylic acid groups (broad SMARTS) is 1. The SMILES string of the molecule is COCCN(C(=O)O)c1ccc(-c2cnc([C@@H]3CCc4cc(-c5cc(Cl)ccc5-n5cnnn5)cc(=O)n43)[nH]2)cn1. The molecule has 0 spiro atoms. The first kappa shape index (κ1) is 26.3. The molecule has 4 aromatic heterocycles. The number of imidazole rings is 1. The summed E-state index contributed by atoms with van der Waals surface area (Å²) in [5.74, 6) is 0.954. The van der Waals surface area contributed by atoms with E-state index in [9.17, 15) is 14.7 Å². The summed E-state index contributed by atoms with van der Waals surface area (Å²) >= 11 is 6.30. The zero-order valence-corrected chi connectivity index (χ0v) is 22.6. The molecule has 6 rings (SSSR count). The number of tetrazole rings is 1. The monoisotopic (exact) mass is 573 g/mol. The summed E-state index contributed by atoms with van der Waals surface area (Å²) in [4.78, 5) is 38.4. The summed E-state index contributed by atoms with van der Waals surface area (Å²) in [7, 11) is 1.51. The van der Waals surface area contributed by atoms with Gasteiger partial charge in [-0.3, -0.25) is 9.69 Å². The van der Waals surface area contributed by atoms with Crippen molar-refractivity contribution >= 4 is 23.5 Å². The number of pyridine rings is 2. The fourth-order valence-corrected chi connectivity index (χ4v) is 5.24. The van der Waals surface area contributed by atoms with Crippen LogP contribution in [0.4, 0.5) is 10.6 Å². The normalized spacial score (nSPS) is 14.2. The quantitative estimate of drug-likeness (QED) is 0.283. The summed E-state index contributed by atoms with van der Waals surface area (Å²) in [6.45, 7) is 0.420. The molecule has 13 nitrogen and oxygen atoms in total. The number of ether oxygens (including phenoxy) is 1. The van der Waals surface area contributed by atoms with Crippen LogP contribution in [0.5, 0.6) is 0 Å². The van der Waals surface area contributed by atoms with E-state index in [-0.39, 0.29) is 24.8 Å². The van der Waals surface area contributed by atoms with Crippen LogP contribution in [0.1, 0.15) is 24.0 Å². The molecule has 1 amide bonds. The Kier molecular flexibility index (Phi) is 7.03. The Morgan fingerprint density at radius 2 is 2.05 bits per heavy atom. The zero-order chi connectivity index (χ0) is 28.5. The van der Waals surface area contributed by atoms with E-state index in [2.05, 4.69) is 30.5 Å². The number of aryl methyl sites for hydroxylation is 1. The van der Waals surface area contributed by atoms with E-state index in [1.807, 2.05) is 12.1 Å². The molecule has 208 valence electrons. The second-order valence-corrected chi connectivity index (χ2v) is 9.86. The maximum atomic E-state index is 13.4. The number of nitrogens with zero attached hydrogens (tertiary/aromatic N) is 8. The summed E-state index contributed by atoms with van der Waals surface area (Å²) < 4.78 is 8.28. The first-order valence-electron chi connectivity index (χ1n) is 12.7. The van der Waals surface area contributed by atoms with Crippen molar-refractivity contribution in [2.75, 3.05) is 25.2 Å². The minimum atomic E-state index is -1.11. The number of aromatic nitrogens is 8. The van der Waals surface area contributed by atoms with E-state index < -0.39 is 6.09 Å². The number of H-pyrrole nitrogens is 1. The van der Waals surface area contributed by atoms with Crippen LogP contribution < -0.4 is 10.5 Å². The lowest BCUT2D eigenvalue weighted by molar-refractivity contribution is 0.186. The molecule has 5 heterocycles. The first-order chi connectivity index (χ1) is 19.9. The van der Waals surface area contributed by atoms with Crippen LogP contribution in [-0.2, 0) is 11.2 Å². The molecular formula is C27H24ClN9O4. The van der Waals surface area contributed by atoms with Gasteiger partial charge in [-0.25, -0.2) is 14.8 Å². The van der Waals surface area contributed by atoms with Crippen molar-refractivity contribution in [2.24, 2.45) is 0 Å². The van der Waals surface area contributed by atoms with Crippen molar-refractivity contribution in [1.29, 1.82) is 0 Å². The van der Waals surface area contributed by atoms with E-state index in [0.29, 0.717) is 40.9 Å². The molecule has 1 atom stereocenters. The molecular weight excluding hydrogens is 550 g/mol. The molecule has 14 heteroatoms. The number of halogens is 1. The zero-order valence-electron chi connectivity index (χ0n) is 21.8. The van der Waals surface area contributed by atoms with Crippen LogP contribution in [0.25, 0.3) is 28.1 Å². The number of rotatable bonds is 8. The molecule has 1 aliphatic heterocycles. The summed E-state index contributed by atoms with van der Waals surface area (Å²) in [5.41, 5.74) is 4.35. The lowest BCUT2D eigenvalue weighted by Gasteiger charge is -2.17. The van der Waals surface area contributed by atoms with Crippen molar-refractivity contribution in [3.05, 3.63) is 88.1 Å². The largest absolute Gasteiger partial charge is 0.465 e. The fraction of sp³-hybridized carbons (Fsp3) is 0.222. The number of hydrogen-bond acceptors (Lipinski definition) is 8. The predicted octanol–water partition coefficient (Wildman–Crippen LogP) is 3.60. The number of hydrogen-bond donors (Lipinski definition) is 2. The highest BCUT2D eigenvalue weighted by Crippen LogP contribution is 2.34. The fourth-order valence-electron chi connectivity index (χ4n) is 5.07. The number of amides is 1. The second kappa shape index (κ2) is 10.9. The van der Waals surface area contributed by atoms with Gasteiger partial charge in [0.1, 0.15) is 18.0 Å². The van der Waals surface area contributed by atoms with Crippen LogP contribution in [0.3, 0.4) is 0 Å². The van der Waals surface area contributed by atoms with Gasteiger partial charge in [-0.05, 0) is 65.2 Å². The molecule has 0 bridgehead atoms. The van der Waals surface area contributed by atoms with Crippen molar-refractivity contribution < 1.29 is 14.6 Å². The third-order valence-electron chi connectivity index (χ3n) is 7.00. The number of nitrogens with one attached hydrogen (secondary N) is 1. The van der Waals surface area contributed by atoms with E-state index in [4.69, 9.17) is 16.3 Å². The van der Waals surface area contributed by atoms with Crippen LogP contribution >= 0.6 is 11.6 Å². The van der Waals surface area contributed by atoms with Gasteiger partial charge in [0.25, 0.3) is 5.56 Å². The molecule has 0 saturated heterocycles. The molecule has 0 aliphatic carbocycles. The summed E-state index contributed by atoms with van der Waals surface area (Å²) in [6.07, 6.45) is 5.04. The molecule has 1 aliphatic rings. The molecule has 5 aromatic rings. The smallest absolute Gasteiger partial charge is 0.413 e. The number of benzene rings is 1. The number of methoxy groups -OCH3 is 1. The highest BCUT2D eigenvalue weighted by Gasteiger charge is 2.28. The van der Waals surface area contributed by atoms with Crippen LogP contribution in [0.15, 0.2) is 66.0 Å². The van der Waals surface area contributed by atoms with Crippen LogP contribution in [0, 0.1) is 0 Å². The van der Waals surface area contributed by atoms with Crippen LogP contribution in [0.2, 0.25) is 5.02 Å². The van der Waals surface area contributed by atoms with Gasteiger partial charge in [0.15, 0.2) is 0 Å². The Hall–Kier alpha value is -4.88. The average molecular weight is 574 g/mol.